The van der Waals surface area contributed by atoms with Crippen molar-refractivity contribution in [2.24, 2.45) is 0 Å². The normalized spacial score (nSPS) is 12.6. The van der Waals surface area contributed by atoms with Crippen LogP contribution in [0.2, 0.25) is 0 Å². The molecule has 0 radical (unpaired) electrons. The summed E-state index contributed by atoms with van der Waals surface area (Å²) in [6.45, 7) is 1.97. The van der Waals surface area contributed by atoms with Crippen molar-refractivity contribution < 1.29 is 5.11 Å². The van der Waals surface area contributed by atoms with Crippen LogP contribution < -0.4 is 0 Å². The Balaban J connectivity index is 2.04. The molecule has 1 N–H and O–H groups in total. The number of fused-ring (bicyclic) bond motifs is 1. The number of aliphatic hydroxyl groups is 1. The predicted octanol–water partition coefficient (Wildman–Crippen LogP) is 5.15. The first-order chi connectivity index (χ1) is 10.0. The summed E-state index contributed by atoms with van der Waals surface area (Å²) in [5, 5.41) is 11.6. The molecule has 2 nitrogen and oxygen atoms in total. The van der Waals surface area contributed by atoms with Crippen molar-refractivity contribution in [2.75, 3.05) is 0 Å². The highest BCUT2D eigenvalue weighted by molar-refractivity contribution is 9.11. The third-order valence-corrected chi connectivity index (χ3v) is 4.28. The van der Waals surface area contributed by atoms with Crippen molar-refractivity contribution in [2.45, 2.75) is 13.0 Å². The van der Waals surface area contributed by atoms with Gasteiger partial charge in [0, 0.05) is 20.0 Å². The van der Waals surface area contributed by atoms with E-state index in [4.69, 9.17) is 0 Å². The van der Waals surface area contributed by atoms with Crippen LogP contribution in [0.3, 0.4) is 0 Å². The first-order valence-electron chi connectivity index (χ1n) is 6.54. The SMILES string of the molecule is Cc1ccc2cc(C(O)c3cc(Br)cc(Br)c3)ccc2n1. The maximum absolute atomic E-state index is 10.6. The summed E-state index contributed by atoms with van der Waals surface area (Å²) in [5.74, 6) is 0. The van der Waals surface area contributed by atoms with E-state index < -0.39 is 6.10 Å². The summed E-state index contributed by atoms with van der Waals surface area (Å²) in [7, 11) is 0. The molecule has 1 heterocycles. The monoisotopic (exact) mass is 405 g/mol. The van der Waals surface area contributed by atoms with E-state index in [0.29, 0.717) is 0 Å². The summed E-state index contributed by atoms with van der Waals surface area (Å²) >= 11 is 6.90. The van der Waals surface area contributed by atoms with Gasteiger partial charge in [-0.2, -0.15) is 0 Å². The Bertz CT molecular complexity index is 797. The van der Waals surface area contributed by atoms with Gasteiger partial charge in [-0.15, -0.1) is 0 Å². The van der Waals surface area contributed by atoms with Crippen LogP contribution in [-0.4, -0.2) is 10.1 Å². The van der Waals surface area contributed by atoms with Gasteiger partial charge in [0.05, 0.1) is 5.52 Å². The number of aliphatic hydroxyl groups excluding tert-OH is 1. The van der Waals surface area contributed by atoms with Gasteiger partial charge >= 0.3 is 0 Å². The molecule has 0 amide bonds. The molecule has 2 aromatic carbocycles. The molecule has 0 fully saturated rings. The fourth-order valence-electron chi connectivity index (χ4n) is 2.34. The molecule has 0 aliphatic rings. The lowest BCUT2D eigenvalue weighted by Crippen LogP contribution is -2.00. The lowest BCUT2D eigenvalue weighted by Gasteiger charge is -2.13. The molecule has 21 heavy (non-hydrogen) atoms. The molecular formula is C17H13Br2NO. The van der Waals surface area contributed by atoms with Gasteiger partial charge in [-0.1, -0.05) is 44.0 Å². The predicted molar refractivity (Wildman–Crippen MR) is 92.4 cm³/mol. The van der Waals surface area contributed by atoms with E-state index in [9.17, 15) is 5.11 Å². The largest absolute Gasteiger partial charge is 0.384 e. The molecule has 0 bridgehead atoms. The van der Waals surface area contributed by atoms with Crippen LogP contribution in [0.5, 0.6) is 0 Å². The van der Waals surface area contributed by atoms with E-state index in [0.717, 1.165) is 36.7 Å². The van der Waals surface area contributed by atoms with Gasteiger partial charge in [-0.05, 0) is 54.4 Å². The molecule has 0 saturated carbocycles. The Morgan fingerprint density at radius 3 is 2.33 bits per heavy atom. The smallest absolute Gasteiger partial charge is 0.104 e. The Morgan fingerprint density at radius 2 is 1.62 bits per heavy atom. The summed E-state index contributed by atoms with van der Waals surface area (Å²) < 4.78 is 1.87. The molecule has 106 valence electrons. The molecule has 1 atom stereocenters. The highest BCUT2D eigenvalue weighted by Gasteiger charge is 2.12. The van der Waals surface area contributed by atoms with Crippen molar-refractivity contribution in [3.05, 3.63) is 74.3 Å². The fourth-order valence-corrected chi connectivity index (χ4v) is 3.67. The number of hydrogen-bond donors (Lipinski definition) is 1. The van der Waals surface area contributed by atoms with Crippen LogP contribution in [0.15, 0.2) is 57.5 Å². The van der Waals surface area contributed by atoms with Crippen LogP contribution in [-0.2, 0) is 0 Å². The second-order valence-corrected chi connectivity index (χ2v) is 6.84. The van der Waals surface area contributed by atoms with Gasteiger partial charge in [0.1, 0.15) is 6.10 Å². The van der Waals surface area contributed by atoms with Gasteiger partial charge in [0.25, 0.3) is 0 Å². The van der Waals surface area contributed by atoms with Crippen LogP contribution in [0, 0.1) is 6.92 Å². The third-order valence-electron chi connectivity index (χ3n) is 3.37. The van der Waals surface area contributed by atoms with Gasteiger partial charge in [-0.3, -0.25) is 4.98 Å². The lowest BCUT2D eigenvalue weighted by atomic mass is 10.00. The third kappa shape index (κ3) is 3.18. The first kappa shape index (κ1) is 14.7. The van der Waals surface area contributed by atoms with Crippen molar-refractivity contribution in [1.29, 1.82) is 0 Å². The summed E-state index contributed by atoms with van der Waals surface area (Å²) in [6, 6.07) is 15.7. The second-order valence-electron chi connectivity index (χ2n) is 5.01. The zero-order chi connectivity index (χ0) is 15.0. The minimum Gasteiger partial charge on any atom is -0.384 e. The van der Waals surface area contributed by atoms with E-state index in [1.807, 2.05) is 55.5 Å². The molecule has 0 aliphatic heterocycles. The molecule has 4 heteroatoms. The van der Waals surface area contributed by atoms with E-state index >= 15 is 0 Å². The second kappa shape index (κ2) is 5.87. The topological polar surface area (TPSA) is 33.1 Å². The molecule has 0 aliphatic carbocycles. The number of benzene rings is 2. The zero-order valence-corrected chi connectivity index (χ0v) is 14.5. The number of nitrogens with zero attached hydrogens (tertiary/aromatic N) is 1. The Kier molecular flexibility index (Phi) is 4.11. The average Bonchev–Trinajstić information content (AvgIpc) is 2.45. The quantitative estimate of drug-likeness (QED) is 0.638. The van der Waals surface area contributed by atoms with Crippen LogP contribution in [0.4, 0.5) is 0 Å². The van der Waals surface area contributed by atoms with Gasteiger partial charge in [0.2, 0.25) is 0 Å². The molecular weight excluding hydrogens is 394 g/mol. The van der Waals surface area contributed by atoms with E-state index in [1.165, 1.54) is 0 Å². The Morgan fingerprint density at radius 1 is 0.905 bits per heavy atom. The highest BCUT2D eigenvalue weighted by Crippen LogP contribution is 2.29. The minimum atomic E-state index is -0.662. The molecule has 0 spiro atoms. The fraction of sp³-hybridized carbons (Fsp3) is 0.118. The van der Waals surface area contributed by atoms with Gasteiger partial charge < -0.3 is 5.11 Å². The maximum atomic E-state index is 10.6. The zero-order valence-electron chi connectivity index (χ0n) is 11.3. The number of halogens is 2. The number of aryl methyl sites for hydroxylation is 1. The molecule has 1 unspecified atom stereocenters. The van der Waals surface area contributed by atoms with Crippen LogP contribution in [0.1, 0.15) is 22.9 Å². The minimum absolute atomic E-state index is 0.662. The Labute approximate surface area is 140 Å². The van der Waals surface area contributed by atoms with Crippen LogP contribution >= 0.6 is 31.9 Å². The number of pyridine rings is 1. The summed E-state index contributed by atoms with van der Waals surface area (Å²) in [6.07, 6.45) is -0.662. The molecule has 3 aromatic rings. The standard InChI is InChI=1S/C17H13Br2NO/c1-10-2-3-11-6-12(4-5-16(11)20-10)17(21)13-7-14(18)9-15(19)8-13/h2-9,17,21H,1H3. The first-order valence-corrected chi connectivity index (χ1v) is 8.13. The molecule has 0 saturated heterocycles. The van der Waals surface area contributed by atoms with Crippen molar-refractivity contribution in [1.82, 2.24) is 4.98 Å². The summed E-state index contributed by atoms with van der Waals surface area (Å²) in [4.78, 5) is 4.48. The van der Waals surface area contributed by atoms with Gasteiger partial charge in [0.15, 0.2) is 0 Å². The number of rotatable bonds is 2. The Hall–Kier alpha value is -1.23. The summed E-state index contributed by atoms with van der Waals surface area (Å²) in [5.41, 5.74) is 3.64. The molecule has 3 rings (SSSR count). The van der Waals surface area contributed by atoms with E-state index in [-0.39, 0.29) is 0 Å². The highest BCUT2D eigenvalue weighted by atomic mass is 79.9. The van der Waals surface area contributed by atoms with Crippen molar-refractivity contribution in [3.8, 4) is 0 Å². The van der Waals surface area contributed by atoms with E-state index in [2.05, 4.69) is 36.8 Å². The van der Waals surface area contributed by atoms with Crippen LogP contribution in [0.25, 0.3) is 10.9 Å². The number of aromatic nitrogens is 1. The average molecular weight is 407 g/mol. The van der Waals surface area contributed by atoms with Crippen molar-refractivity contribution >= 4 is 42.8 Å². The maximum Gasteiger partial charge on any atom is 0.104 e. The van der Waals surface area contributed by atoms with Gasteiger partial charge in [-0.25, -0.2) is 0 Å². The van der Waals surface area contributed by atoms with Crippen molar-refractivity contribution in [3.63, 3.8) is 0 Å². The van der Waals surface area contributed by atoms with E-state index in [1.54, 1.807) is 0 Å². The molecule has 1 aromatic heterocycles. The number of hydrogen-bond acceptors (Lipinski definition) is 2. The lowest BCUT2D eigenvalue weighted by molar-refractivity contribution is 0.220.